The summed E-state index contributed by atoms with van der Waals surface area (Å²) < 4.78 is 32.1. The molecule has 0 radical (unpaired) electrons. The minimum absolute atomic E-state index is 0.234. The average Bonchev–Trinajstić information content (AvgIpc) is 2.65. The Hall–Kier alpha value is -1.17. The summed E-state index contributed by atoms with van der Waals surface area (Å²) in [4.78, 5) is 0.336. The highest BCUT2D eigenvalue weighted by molar-refractivity contribution is 7.89. The van der Waals surface area contributed by atoms with Gasteiger partial charge in [-0.2, -0.15) is 4.31 Å². The Bertz CT molecular complexity index is 536. The van der Waals surface area contributed by atoms with Gasteiger partial charge in [-0.15, -0.1) is 6.58 Å². The molecular weight excluding hydrogens is 262 g/mol. The Balaban J connectivity index is 2.27. The zero-order valence-corrected chi connectivity index (χ0v) is 11.9. The summed E-state index contributed by atoms with van der Waals surface area (Å²) in [5.74, 6) is 0. The van der Waals surface area contributed by atoms with Gasteiger partial charge in [-0.1, -0.05) is 23.8 Å². The van der Waals surface area contributed by atoms with E-state index in [1.165, 1.54) is 4.31 Å². The molecule has 1 heterocycles. The molecule has 1 saturated heterocycles. The second-order valence-corrected chi connectivity index (χ2v) is 6.61. The van der Waals surface area contributed by atoms with Crippen molar-refractivity contribution in [3.63, 3.8) is 0 Å². The molecule has 104 valence electrons. The van der Waals surface area contributed by atoms with Gasteiger partial charge in [0.2, 0.25) is 10.0 Å². The van der Waals surface area contributed by atoms with E-state index in [4.69, 9.17) is 4.74 Å². The Labute approximate surface area is 114 Å². The van der Waals surface area contributed by atoms with Crippen molar-refractivity contribution >= 4 is 10.0 Å². The normalized spacial score (nSPS) is 21.8. The van der Waals surface area contributed by atoms with Crippen LogP contribution >= 0.6 is 0 Å². The predicted octanol–water partition coefficient (Wildman–Crippen LogP) is 1.96. The van der Waals surface area contributed by atoms with Gasteiger partial charge >= 0.3 is 0 Å². The number of benzene rings is 1. The summed E-state index contributed by atoms with van der Waals surface area (Å²) in [7, 11) is -3.44. The summed E-state index contributed by atoms with van der Waals surface area (Å²) in [5, 5.41) is 0. The van der Waals surface area contributed by atoms with Crippen molar-refractivity contribution in [2.45, 2.75) is 24.3 Å². The van der Waals surface area contributed by atoms with Crippen LogP contribution in [-0.2, 0) is 14.8 Å². The fourth-order valence-electron chi connectivity index (χ4n) is 2.04. The zero-order valence-electron chi connectivity index (χ0n) is 11.1. The van der Waals surface area contributed by atoms with Crippen molar-refractivity contribution in [1.29, 1.82) is 0 Å². The van der Waals surface area contributed by atoms with Crippen LogP contribution in [0.3, 0.4) is 0 Å². The lowest BCUT2D eigenvalue weighted by Gasteiger charge is -2.22. The minimum atomic E-state index is -3.44. The van der Waals surface area contributed by atoms with Crippen LogP contribution in [0.4, 0.5) is 0 Å². The summed E-state index contributed by atoms with van der Waals surface area (Å²) in [6.07, 6.45) is 2.13. The summed E-state index contributed by atoms with van der Waals surface area (Å²) in [6, 6.07) is 6.93. The molecule has 5 heteroatoms. The van der Waals surface area contributed by atoms with Crippen molar-refractivity contribution in [2.75, 3.05) is 19.7 Å². The Morgan fingerprint density at radius 2 is 2.05 bits per heavy atom. The maximum atomic E-state index is 12.5. The molecule has 0 bridgehead atoms. The number of rotatable bonds is 3. The van der Waals surface area contributed by atoms with Gasteiger partial charge in [-0.05, 0) is 25.5 Å². The zero-order chi connectivity index (χ0) is 13.9. The summed E-state index contributed by atoms with van der Waals surface area (Å²) in [6.45, 7) is 7.00. The summed E-state index contributed by atoms with van der Waals surface area (Å²) in [5.41, 5.74) is 1.04. The van der Waals surface area contributed by atoms with E-state index in [2.05, 4.69) is 6.58 Å². The topological polar surface area (TPSA) is 46.6 Å². The molecule has 0 aromatic heterocycles. The highest BCUT2D eigenvalue weighted by Crippen LogP contribution is 2.19. The number of ether oxygens (including phenoxy) is 1. The molecule has 0 aliphatic carbocycles. The largest absolute Gasteiger partial charge is 0.373 e. The first-order chi connectivity index (χ1) is 9.04. The molecule has 1 aliphatic heterocycles. The first kappa shape index (κ1) is 14.2. The fraction of sp³-hybridized carbons (Fsp3) is 0.429. The lowest BCUT2D eigenvalue weighted by Crippen LogP contribution is -2.36. The molecule has 2 rings (SSSR count). The van der Waals surface area contributed by atoms with Crippen LogP contribution in [0, 0.1) is 6.92 Å². The summed E-state index contributed by atoms with van der Waals surface area (Å²) >= 11 is 0. The highest BCUT2D eigenvalue weighted by Gasteiger charge is 2.28. The van der Waals surface area contributed by atoms with Crippen LogP contribution < -0.4 is 0 Å². The monoisotopic (exact) mass is 281 g/mol. The Morgan fingerprint density at radius 1 is 1.37 bits per heavy atom. The van der Waals surface area contributed by atoms with Gasteiger partial charge in [-0.3, -0.25) is 0 Å². The predicted molar refractivity (Wildman–Crippen MR) is 74.5 cm³/mol. The van der Waals surface area contributed by atoms with E-state index < -0.39 is 10.0 Å². The third kappa shape index (κ3) is 3.23. The van der Waals surface area contributed by atoms with Gasteiger partial charge < -0.3 is 4.74 Å². The molecule has 0 saturated carbocycles. The molecule has 1 fully saturated rings. The van der Waals surface area contributed by atoms with Crippen LogP contribution in [0.5, 0.6) is 0 Å². The minimum Gasteiger partial charge on any atom is -0.373 e. The number of aryl methyl sites for hydroxylation is 1. The second kappa shape index (κ2) is 5.86. The maximum Gasteiger partial charge on any atom is 0.243 e. The number of sulfonamides is 1. The van der Waals surface area contributed by atoms with Gasteiger partial charge in [0, 0.05) is 19.7 Å². The van der Waals surface area contributed by atoms with Crippen LogP contribution in [0.2, 0.25) is 0 Å². The van der Waals surface area contributed by atoms with E-state index in [-0.39, 0.29) is 6.10 Å². The van der Waals surface area contributed by atoms with Gasteiger partial charge in [0.15, 0.2) is 0 Å². The van der Waals surface area contributed by atoms with E-state index in [1.807, 2.05) is 19.1 Å². The van der Waals surface area contributed by atoms with Gasteiger partial charge in [-0.25, -0.2) is 8.42 Å². The number of hydrogen-bond donors (Lipinski definition) is 0. The average molecular weight is 281 g/mol. The van der Waals surface area contributed by atoms with E-state index in [0.717, 1.165) is 5.56 Å². The molecule has 1 aromatic rings. The SMILES string of the molecule is C=C[C@H]1CN(S(=O)(=O)c2ccc(C)cc2)CCCO1. The molecule has 1 aromatic carbocycles. The Kier molecular flexibility index (Phi) is 4.39. The number of nitrogens with zero attached hydrogens (tertiary/aromatic N) is 1. The van der Waals surface area contributed by atoms with Crippen molar-refractivity contribution in [2.24, 2.45) is 0 Å². The first-order valence-corrected chi connectivity index (χ1v) is 7.79. The third-order valence-electron chi connectivity index (χ3n) is 3.19. The second-order valence-electron chi connectivity index (χ2n) is 4.67. The quantitative estimate of drug-likeness (QED) is 0.796. The van der Waals surface area contributed by atoms with Gasteiger partial charge in [0.1, 0.15) is 0 Å². The fourth-order valence-corrected chi connectivity index (χ4v) is 3.53. The van der Waals surface area contributed by atoms with E-state index in [0.29, 0.717) is 31.0 Å². The lowest BCUT2D eigenvalue weighted by molar-refractivity contribution is 0.0950. The lowest BCUT2D eigenvalue weighted by atomic mass is 10.2. The molecular formula is C14H19NO3S. The van der Waals surface area contributed by atoms with Crippen LogP contribution in [0.25, 0.3) is 0 Å². The van der Waals surface area contributed by atoms with E-state index >= 15 is 0 Å². The Morgan fingerprint density at radius 3 is 2.68 bits per heavy atom. The van der Waals surface area contributed by atoms with Crippen molar-refractivity contribution < 1.29 is 13.2 Å². The molecule has 0 unspecified atom stereocenters. The maximum absolute atomic E-state index is 12.5. The molecule has 4 nitrogen and oxygen atoms in total. The molecule has 1 atom stereocenters. The van der Waals surface area contributed by atoms with Crippen LogP contribution in [0.15, 0.2) is 41.8 Å². The van der Waals surface area contributed by atoms with Gasteiger partial charge in [0.25, 0.3) is 0 Å². The van der Waals surface area contributed by atoms with Gasteiger partial charge in [0.05, 0.1) is 11.0 Å². The standard InChI is InChI=1S/C14H19NO3S/c1-3-13-11-15(9-4-10-18-13)19(16,17)14-7-5-12(2)6-8-14/h3,5-8,13H,1,4,9-11H2,2H3/t13-/m0/s1. The molecule has 1 aliphatic rings. The van der Waals surface area contributed by atoms with E-state index in [1.54, 1.807) is 18.2 Å². The molecule has 0 spiro atoms. The van der Waals surface area contributed by atoms with E-state index in [9.17, 15) is 8.42 Å². The van der Waals surface area contributed by atoms with Crippen molar-refractivity contribution in [3.8, 4) is 0 Å². The molecule has 19 heavy (non-hydrogen) atoms. The molecule has 0 amide bonds. The van der Waals surface area contributed by atoms with Crippen LogP contribution in [0.1, 0.15) is 12.0 Å². The van der Waals surface area contributed by atoms with Crippen LogP contribution in [-0.4, -0.2) is 38.5 Å². The number of hydrogen-bond acceptors (Lipinski definition) is 3. The first-order valence-electron chi connectivity index (χ1n) is 6.35. The van der Waals surface area contributed by atoms with Crippen molar-refractivity contribution in [1.82, 2.24) is 4.31 Å². The third-order valence-corrected chi connectivity index (χ3v) is 5.07. The smallest absolute Gasteiger partial charge is 0.243 e. The van der Waals surface area contributed by atoms with Crippen molar-refractivity contribution in [3.05, 3.63) is 42.5 Å². The highest BCUT2D eigenvalue weighted by atomic mass is 32.2. The molecule has 0 N–H and O–H groups in total.